The lowest BCUT2D eigenvalue weighted by Gasteiger charge is -2.39. The smallest absolute Gasteiger partial charge is 0.244 e. The normalized spacial score (nSPS) is 30.4. The first-order chi connectivity index (χ1) is 10.1. The quantitative estimate of drug-likeness (QED) is 0.838. The van der Waals surface area contributed by atoms with Crippen LogP contribution >= 0.6 is 0 Å². The van der Waals surface area contributed by atoms with E-state index >= 15 is 0 Å². The maximum atomic E-state index is 13.0. The van der Waals surface area contributed by atoms with Crippen molar-refractivity contribution < 1.29 is 4.79 Å². The molecular weight excluding hydrogens is 260 g/mol. The molecule has 1 amide bonds. The molecule has 1 heterocycles. The molecule has 3 rings (SSSR count). The Labute approximate surface area is 129 Å². The molecule has 1 N–H and O–H groups in total. The molecule has 21 heavy (non-hydrogen) atoms. The van der Waals surface area contributed by atoms with Crippen molar-refractivity contribution in [3.63, 3.8) is 0 Å². The van der Waals surface area contributed by atoms with Crippen LogP contribution in [0, 0.1) is 11.8 Å². The first-order valence-electron chi connectivity index (χ1n) is 9.18. The Morgan fingerprint density at radius 1 is 1.24 bits per heavy atom. The first-order valence-corrected chi connectivity index (χ1v) is 9.18. The molecule has 3 nitrogen and oxygen atoms in total. The number of rotatable bonds is 5. The van der Waals surface area contributed by atoms with Crippen LogP contribution in [0.15, 0.2) is 0 Å². The van der Waals surface area contributed by atoms with E-state index in [1.807, 2.05) is 0 Å². The van der Waals surface area contributed by atoms with Crippen LogP contribution in [0.25, 0.3) is 0 Å². The van der Waals surface area contributed by atoms with Crippen molar-refractivity contribution in [1.29, 1.82) is 0 Å². The Hall–Kier alpha value is -0.570. The monoisotopic (exact) mass is 292 g/mol. The van der Waals surface area contributed by atoms with Gasteiger partial charge in [0.25, 0.3) is 0 Å². The van der Waals surface area contributed by atoms with E-state index < -0.39 is 0 Å². The van der Waals surface area contributed by atoms with Crippen LogP contribution in [0.2, 0.25) is 0 Å². The van der Waals surface area contributed by atoms with Crippen molar-refractivity contribution in [3.8, 4) is 0 Å². The summed E-state index contributed by atoms with van der Waals surface area (Å²) >= 11 is 0. The third kappa shape index (κ3) is 2.86. The average Bonchev–Trinajstić information content (AvgIpc) is 3.19. The molecule has 1 spiro atoms. The SMILES string of the molecule is CCC(C1CCCCC1)N1C(=O)C2(CC2)NC1CC(C)C. The van der Waals surface area contributed by atoms with Gasteiger partial charge in [-0.15, -0.1) is 0 Å². The summed E-state index contributed by atoms with van der Waals surface area (Å²) in [7, 11) is 0. The number of carbonyl (C=O) groups excluding carboxylic acids is 1. The molecule has 2 saturated carbocycles. The van der Waals surface area contributed by atoms with E-state index in [4.69, 9.17) is 0 Å². The molecule has 2 aliphatic carbocycles. The molecule has 3 heteroatoms. The maximum Gasteiger partial charge on any atom is 0.244 e. The van der Waals surface area contributed by atoms with Gasteiger partial charge in [-0.1, -0.05) is 40.0 Å². The van der Waals surface area contributed by atoms with Gasteiger partial charge < -0.3 is 4.90 Å². The zero-order valence-electron chi connectivity index (χ0n) is 14.0. The topological polar surface area (TPSA) is 32.3 Å². The van der Waals surface area contributed by atoms with Crippen LogP contribution in [-0.4, -0.2) is 28.6 Å². The molecule has 2 atom stereocenters. The van der Waals surface area contributed by atoms with Crippen LogP contribution in [-0.2, 0) is 4.79 Å². The number of nitrogens with one attached hydrogen (secondary N) is 1. The van der Waals surface area contributed by atoms with Crippen molar-refractivity contribution in [2.24, 2.45) is 11.8 Å². The van der Waals surface area contributed by atoms with Gasteiger partial charge in [-0.3, -0.25) is 10.1 Å². The van der Waals surface area contributed by atoms with Gasteiger partial charge >= 0.3 is 0 Å². The highest BCUT2D eigenvalue weighted by molar-refractivity contribution is 5.92. The largest absolute Gasteiger partial charge is 0.322 e. The molecule has 3 fully saturated rings. The van der Waals surface area contributed by atoms with Crippen LogP contribution in [0.1, 0.15) is 78.6 Å². The number of hydrogen-bond donors (Lipinski definition) is 1. The minimum absolute atomic E-state index is 0.151. The standard InChI is InChI=1S/C18H32N2O/c1-4-15(14-8-6-5-7-9-14)20-16(12-13(2)3)19-18(10-11-18)17(20)21/h13-16,19H,4-12H2,1-3H3. The molecule has 0 aromatic carbocycles. The molecule has 0 aromatic rings. The predicted octanol–water partition coefficient (Wildman–Crippen LogP) is 3.68. The van der Waals surface area contributed by atoms with Gasteiger partial charge in [0.1, 0.15) is 0 Å². The summed E-state index contributed by atoms with van der Waals surface area (Å²) in [5.41, 5.74) is -0.151. The van der Waals surface area contributed by atoms with E-state index in [2.05, 4.69) is 31.0 Å². The summed E-state index contributed by atoms with van der Waals surface area (Å²) in [5.74, 6) is 1.79. The number of nitrogens with zero attached hydrogens (tertiary/aromatic N) is 1. The third-order valence-electron chi connectivity index (χ3n) is 5.84. The highest BCUT2D eigenvalue weighted by Crippen LogP contribution is 2.45. The van der Waals surface area contributed by atoms with Crippen LogP contribution in [0.4, 0.5) is 0 Å². The van der Waals surface area contributed by atoms with E-state index in [9.17, 15) is 4.79 Å². The van der Waals surface area contributed by atoms with Crippen molar-refractivity contribution in [2.45, 2.75) is 96.3 Å². The molecule has 3 aliphatic rings. The van der Waals surface area contributed by atoms with E-state index in [1.165, 1.54) is 32.1 Å². The fraction of sp³-hybridized carbons (Fsp3) is 0.944. The minimum atomic E-state index is -0.151. The first kappa shape index (κ1) is 15.3. The van der Waals surface area contributed by atoms with Gasteiger partial charge in [-0.25, -0.2) is 0 Å². The molecule has 1 saturated heterocycles. The molecule has 0 bridgehead atoms. The van der Waals surface area contributed by atoms with Gasteiger partial charge in [0, 0.05) is 6.04 Å². The van der Waals surface area contributed by atoms with E-state index in [0.29, 0.717) is 17.9 Å². The number of carbonyl (C=O) groups is 1. The van der Waals surface area contributed by atoms with Gasteiger partial charge in [-0.2, -0.15) is 0 Å². The molecule has 0 radical (unpaired) electrons. The zero-order valence-corrected chi connectivity index (χ0v) is 14.0. The fourth-order valence-corrected chi connectivity index (χ4v) is 4.60. The van der Waals surface area contributed by atoms with Gasteiger partial charge in [0.15, 0.2) is 0 Å². The van der Waals surface area contributed by atoms with Crippen LogP contribution in [0.5, 0.6) is 0 Å². The molecule has 120 valence electrons. The lowest BCUT2D eigenvalue weighted by Crippen LogP contribution is -2.48. The Morgan fingerprint density at radius 2 is 1.90 bits per heavy atom. The molecule has 1 aliphatic heterocycles. The second-order valence-electron chi connectivity index (χ2n) is 7.96. The Kier molecular flexibility index (Phi) is 4.31. The zero-order chi connectivity index (χ0) is 15.0. The number of amides is 1. The lowest BCUT2D eigenvalue weighted by molar-refractivity contribution is -0.134. The second-order valence-corrected chi connectivity index (χ2v) is 7.96. The van der Waals surface area contributed by atoms with Crippen molar-refractivity contribution >= 4 is 5.91 Å². The summed E-state index contributed by atoms with van der Waals surface area (Å²) in [4.78, 5) is 15.3. The average molecular weight is 292 g/mol. The summed E-state index contributed by atoms with van der Waals surface area (Å²) in [6.07, 6.45) is 11.3. The van der Waals surface area contributed by atoms with Crippen LogP contribution < -0.4 is 5.32 Å². The van der Waals surface area contributed by atoms with Crippen molar-refractivity contribution in [3.05, 3.63) is 0 Å². The highest BCUT2D eigenvalue weighted by Gasteiger charge is 2.60. The van der Waals surface area contributed by atoms with Crippen molar-refractivity contribution in [1.82, 2.24) is 10.2 Å². The third-order valence-corrected chi connectivity index (χ3v) is 5.84. The summed E-state index contributed by atoms with van der Waals surface area (Å²) in [6.45, 7) is 6.81. The Balaban J connectivity index is 1.79. The van der Waals surface area contributed by atoms with Gasteiger partial charge in [-0.05, 0) is 50.4 Å². The van der Waals surface area contributed by atoms with E-state index in [1.54, 1.807) is 0 Å². The minimum Gasteiger partial charge on any atom is -0.322 e. The van der Waals surface area contributed by atoms with Crippen LogP contribution in [0.3, 0.4) is 0 Å². The predicted molar refractivity (Wildman–Crippen MR) is 85.8 cm³/mol. The van der Waals surface area contributed by atoms with Gasteiger partial charge in [0.05, 0.1) is 11.7 Å². The summed E-state index contributed by atoms with van der Waals surface area (Å²) in [5, 5.41) is 3.70. The fourth-order valence-electron chi connectivity index (χ4n) is 4.60. The number of hydrogen-bond acceptors (Lipinski definition) is 2. The summed E-state index contributed by atoms with van der Waals surface area (Å²) in [6, 6.07) is 0.467. The van der Waals surface area contributed by atoms with Crippen molar-refractivity contribution in [2.75, 3.05) is 0 Å². The highest BCUT2D eigenvalue weighted by atomic mass is 16.2. The molecule has 0 aromatic heterocycles. The summed E-state index contributed by atoms with van der Waals surface area (Å²) < 4.78 is 0. The van der Waals surface area contributed by atoms with E-state index in [0.717, 1.165) is 31.6 Å². The Bertz CT molecular complexity index is 383. The Morgan fingerprint density at radius 3 is 2.43 bits per heavy atom. The molecule has 2 unspecified atom stereocenters. The molecular formula is C18H32N2O. The van der Waals surface area contributed by atoms with Gasteiger partial charge in [0.2, 0.25) is 5.91 Å². The second kappa shape index (κ2) is 5.91. The van der Waals surface area contributed by atoms with E-state index in [-0.39, 0.29) is 11.7 Å². The lowest BCUT2D eigenvalue weighted by atomic mass is 9.82. The maximum absolute atomic E-state index is 13.0.